The van der Waals surface area contributed by atoms with Crippen LogP contribution in [0.5, 0.6) is 0 Å². The van der Waals surface area contributed by atoms with Gasteiger partial charge in [0.15, 0.2) is 14.9 Å². The first-order chi connectivity index (χ1) is 9.38. The summed E-state index contributed by atoms with van der Waals surface area (Å²) in [6.07, 6.45) is 2.53. The molecule has 1 heterocycles. The molecule has 2 rings (SSSR count). The predicted octanol–water partition coefficient (Wildman–Crippen LogP) is 2.80. The maximum atomic E-state index is 13.6. The van der Waals surface area contributed by atoms with Gasteiger partial charge < -0.3 is 5.32 Å². The van der Waals surface area contributed by atoms with Crippen molar-refractivity contribution < 1.29 is 12.8 Å². The highest BCUT2D eigenvalue weighted by Crippen LogP contribution is 2.21. The number of rotatable bonds is 4. The molecule has 0 aliphatic rings. The number of sulfone groups is 1. The molecule has 2 aromatic rings. The van der Waals surface area contributed by atoms with E-state index in [2.05, 4.69) is 10.3 Å². The molecule has 0 spiro atoms. The third-order valence-electron chi connectivity index (χ3n) is 2.87. The average molecular weight is 294 g/mol. The van der Waals surface area contributed by atoms with E-state index in [1.54, 1.807) is 24.3 Å². The summed E-state index contributed by atoms with van der Waals surface area (Å²) in [5, 5.41) is 3.10. The lowest BCUT2D eigenvalue weighted by atomic mass is 10.1. The topological polar surface area (TPSA) is 59.1 Å². The fourth-order valence-corrected chi connectivity index (χ4v) is 2.40. The van der Waals surface area contributed by atoms with Crippen LogP contribution in [0.3, 0.4) is 0 Å². The second-order valence-corrected chi connectivity index (χ2v) is 6.51. The molecule has 20 heavy (non-hydrogen) atoms. The predicted molar refractivity (Wildman–Crippen MR) is 75.8 cm³/mol. The van der Waals surface area contributed by atoms with Crippen molar-refractivity contribution in [3.05, 3.63) is 54.0 Å². The standard InChI is InChI=1S/C14H15FN2O2S/c1-10(12-5-3-4-6-13(12)15)17-11-7-8-14(16-9-11)20(2,18)19/h3-10,17H,1-2H3. The van der Waals surface area contributed by atoms with Crippen LogP contribution in [-0.4, -0.2) is 19.7 Å². The molecule has 6 heteroatoms. The quantitative estimate of drug-likeness (QED) is 0.942. The van der Waals surface area contributed by atoms with Crippen molar-refractivity contribution in [1.82, 2.24) is 4.98 Å². The summed E-state index contributed by atoms with van der Waals surface area (Å²) < 4.78 is 36.2. The van der Waals surface area contributed by atoms with Gasteiger partial charge in [-0.25, -0.2) is 17.8 Å². The van der Waals surface area contributed by atoms with E-state index in [1.165, 1.54) is 18.3 Å². The summed E-state index contributed by atoms with van der Waals surface area (Å²) in [6.45, 7) is 1.82. The minimum Gasteiger partial charge on any atom is -0.377 e. The molecule has 0 aliphatic heterocycles. The zero-order valence-electron chi connectivity index (χ0n) is 11.2. The summed E-state index contributed by atoms with van der Waals surface area (Å²) in [4.78, 5) is 3.87. The van der Waals surface area contributed by atoms with Crippen molar-refractivity contribution in [2.75, 3.05) is 11.6 Å². The van der Waals surface area contributed by atoms with Gasteiger partial charge in [-0.2, -0.15) is 0 Å². The van der Waals surface area contributed by atoms with Crippen LogP contribution >= 0.6 is 0 Å². The number of aromatic nitrogens is 1. The van der Waals surface area contributed by atoms with Gasteiger partial charge in [0.1, 0.15) is 5.82 Å². The number of halogens is 1. The monoisotopic (exact) mass is 294 g/mol. The summed E-state index contributed by atoms with van der Waals surface area (Å²) >= 11 is 0. The van der Waals surface area contributed by atoms with Gasteiger partial charge in [-0.05, 0) is 25.1 Å². The van der Waals surface area contributed by atoms with Crippen LogP contribution in [0.2, 0.25) is 0 Å². The molecule has 0 saturated heterocycles. The summed E-state index contributed by atoms with van der Waals surface area (Å²) in [5.41, 5.74) is 1.17. The third kappa shape index (κ3) is 3.33. The van der Waals surface area contributed by atoms with E-state index in [-0.39, 0.29) is 16.9 Å². The minimum atomic E-state index is -3.31. The molecule has 106 valence electrons. The number of pyridine rings is 1. The fourth-order valence-electron chi connectivity index (χ4n) is 1.84. The zero-order chi connectivity index (χ0) is 14.8. The van der Waals surface area contributed by atoms with Gasteiger partial charge in [-0.1, -0.05) is 18.2 Å². The van der Waals surface area contributed by atoms with Crippen molar-refractivity contribution in [2.24, 2.45) is 0 Å². The molecular weight excluding hydrogens is 279 g/mol. The molecule has 0 radical (unpaired) electrons. The van der Waals surface area contributed by atoms with Crippen LogP contribution in [0, 0.1) is 5.82 Å². The van der Waals surface area contributed by atoms with Crippen molar-refractivity contribution in [3.8, 4) is 0 Å². The second kappa shape index (κ2) is 5.58. The van der Waals surface area contributed by atoms with Crippen molar-refractivity contribution in [1.29, 1.82) is 0 Å². The highest BCUT2D eigenvalue weighted by Gasteiger charge is 2.11. The van der Waals surface area contributed by atoms with Crippen LogP contribution in [0.4, 0.5) is 10.1 Å². The Kier molecular flexibility index (Phi) is 4.04. The first-order valence-electron chi connectivity index (χ1n) is 6.05. The normalized spacial score (nSPS) is 12.9. The molecule has 1 atom stereocenters. The number of anilines is 1. The number of hydrogen-bond donors (Lipinski definition) is 1. The van der Waals surface area contributed by atoms with Crippen LogP contribution in [0.25, 0.3) is 0 Å². The highest BCUT2D eigenvalue weighted by atomic mass is 32.2. The Balaban J connectivity index is 2.17. The summed E-state index contributed by atoms with van der Waals surface area (Å²) in [5.74, 6) is -0.284. The van der Waals surface area contributed by atoms with Crippen molar-refractivity contribution in [2.45, 2.75) is 18.0 Å². The first kappa shape index (κ1) is 14.5. The number of nitrogens with zero attached hydrogens (tertiary/aromatic N) is 1. The Morgan fingerprint density at radius 1 is 1.20 bits per heavy atom. The van der Waals surface area contributed by atoms with Gasteiger partial charge in [-0.15, -0.1) is 0 Å². The lowest BCUT2D eigenvalue weighted by Gasteiger charge is -2.16. The molecule has 1 aromatic carbocycles. The Morgan fingerprint density at radius 3 is 2.45 bits per heavy atom. The SMILES string of the molecule is CC(Nc1ccc(S(C)(=O)=O)nc1)c1ccccc1F. The Labute approximate surface area is 117 Å². The Hall–Kier alpha value is -1.95. The van der Waals surface area contributed by atoms with E-state index in [0.717, 1.165) is 6.26 Å². The maximum absolute atomic E-state index is 13.6. The van der Waals surface area contributed by atoms with Gasteiger partial charge in [0.2, 0.25) is 0 Å². The number of hydrogen-bond acceptors (Lipinski definition) is 4. The van der Waals surface area contributed by atoms with Gasteiger partial charge >= 0.3 is 0 Å². The van der Waals surface area contributed by atoms with Gasteiger partial charge in [0, 0.05) is 11.8 Å². The highest BCUT2D eigenvalue weighted by molar-refractivity contribution is 7.90. The molecule has 1 aromatic heterocycles. The molecule has 4 nitrogen and oxygen atoms in total. The molecule has 0 saturated carbocycles. The van der Waals surface area contributed by atoms with E-state index in [4.69, 9.17) is 0 Å². The zero-order valence-corrected chi connectivity index (χ0v) is 12.0. The van der Waals surface area contributed by atoms with Gasteiger partial charge in [-0.3, -0.25) is 0 Å². The molecule has 0 aliphatic carbocycles. The van der Waals surface area contributed by atoms with Crippen LogP contribution in [-0.2, 0) is 9.84 Å². The second-order valence-electron chi connectivity index (χ2n) is 4.54. The average Bonchev–Trinajstić information content (AvgIpc) is 2.38. The summed E-state index contributed by atoms with van der Waals surface area (Å²) in [7, 11) is -3.31. The minimum absolute atomic E-state index is 0.0154. The van der Waals surface area contributed by atoms with Crippen molar-refractivity contribution >= 4 is 15.5 Å². The van der Waals surface area contributed by atoms with E-state index in [0.29, 0.717) is 11.3 Å². The third-order valence-corrected chi connectivity index (χ3v) is 3.87. The number of nitrogens with one attached hydrogen (secondary N) is 1. The van der Waals surface area contributed by atoms with Crippen molar-refractivity contribution in [3.63, 3.8) is 0 Å². The lowest BCUT2D eigenvalue weighted by Crippen LogP contribution is -2.09. The molecule has 0 amide bonds. The molecule has 1 unspecified atom stereocenters. The van der Waals surface area contributed by atoms with E-state index < -0.39 is 9.84 Å². The maximum Gasteiger partial charge on any atom is 0.192 e. The Bertz CT molecular complexity index is 699. The summed E-state index contributed by atoms with van der Waals surface area (Å²) in [6, 6.07) is 9.29. The van der Waals surface area contributed by atoms with E-state index in [1.807, 2.05) is 6.92 Å². The van der Waals surface area contributed by atoms with Gasteiger partial charge in [0.05, 0.1) is 17.9 Å². The molecule has 0 bridgehead atoms. The smallest absolute Gasteiger partial charge is 0.192 e. The molecular formula is C14H15FN2O2S. The largest absolute Gasteiger partial charge is 0.377 e. The van der Waals surface area contributed by atoms with E-state index in [9.17, 15) is 12.8 Å². The van der Waals surface area contributed by atoms with Crippen LogP contribution in [0.1, 0.15) is 18.5 Å². The molecule has 0 fully saturated rings. The van der Waals surface area contributed by atoms with Gasteiger partial charge in [0.25, 0.3) is 0 Å². The first-order valence-corrected chi connectivity index (χ1v) is 7.94. The lowest BCUT2D eigenvalue weighted by molar-refractivity contribution is 0.598. The van der Waals surface area contributed by atoms with Crippen LogP contribution < -0.4 is 5.32 Å². The van der Waals surface area contributed by atoms with Crippen LogP contribution in [0.15, 0.2) is 47.6 Å². The molecule has 1 N–H and O–H groups in total. The van der Waals surface area contributed by atoms with E-state index >= 15 is 0 Å². The number of benzene rings is 1. The Morgan fingerprint density at radius 2 is 1.90 bits per heavy atom. The fraction of sp³-hybridized carbons (Fsp3) is 0.214.